The van der Waals surface area contributed by atoms with Crippen LogP contribution in [0.2, 0.25) is 0 Å². The van der Waals surface area contributed by atoms with Crippen molar-refractivity contribution in [2.45, 2.75) is 26.2 Å². The van der Waals surface area contributed by atoms with Crippen LogP contribution in [0.4, 0.5) is 5.69 Å². The van der Waals surface area contributed by atoms with Gasteiger partial charge in [-0.2, -0.15) is 0 Å². The predicted molar refractivity (Wildman–Crippen MR) is 121 cm³/mol. The van der Waals surface area contributed by atoms with E-state index in [1.165, 1.54) is 5.56 Å². The van der Waals surface area contributed by atoms with Crippen LogP contribution < -0.4 is 0 Å². The predicted octanol–water partition coefficient (Wildman–Crippen LogP) is 7.01. The number of benzene rings is 3. The van der Waals surface area contributed by atoms with Crippen molar-refractivity contribution in [2.24, 2.45) is 4.99 Å². The number of halogens is 1. The first-order valence-electron chi connectivity index (χ1n) is 9.34. The molecule has 0 unspecified atom stereocenters. The van der Waals surface area contributed by atoms with Gasteiger partial charge >= 0.3 is 0 Å². The van der Waals surface area contributed by atoms with E-state index in [0.717, 1.165) is 26.8 Å². The van der Waals surface area contributed by atoms with Gasteiger partial charge in [-0.15, -0.1) is 0 Å². The minimum absolute atomic E-state index is 0.0652. The Balaban J connectivity index is 1.59. The fourth-order valence-corrected chi connectivity index (χ4v) is 3.36. The summed E-state index contributed by atoms with van der Waals surface area (Å²) in [6.45, 7) is 6.55. The van der Waals surface area contributed by atoms with E-state index in [0.29, 0.717) is 11.5 Å². The van der Waals surface area contributed by atoms with E-state index in [2.05, 4.69) is 58.8 Å². The Morgan fingerprint density at radius 1 is 1.00 bits per heavy atom. The van der Waals surface area contributed by atoms with Crippen molar-refractivity contribution in [3.8, 4) is 17.2 Å². The Bertz CT molecular complexity index is 1200. The van der Waals surface area contributed by atoms with Crippen LogP contribution >= 0.6 is 15.9 Å². The van der Waals surface area contributed by atoms with Gasteiger partial charge in [0.25, 0.3) is 0 Å². The molecule has 0 radical (unpaired) electrons. The number of phenolic OH excluding ortho intramolecular Hbond substituents is 1. The minimum atomic E-state index is 0.0652. The van der Waals surface area contributed by atoms with Crippen molar-refractivity contribution in [3.63, 3.8) is 0 Å². The molecule has 29 heavy (non-hydrogen) atoms. The number of aromatic hydroxyl groups is 1. The average molecular weight is 449 g/mol. The highest BCUT2D eigenvalue weighted by atomic mass is 79.9. The zero-order valence-corrected chi connectivity index (χ0v) is 18.1. The molecule has 1 heterocycles. The molecule has 1 aromatic heterocycles. The van der Waals surface area contributed by atoms with Crippen LogP contribution in [0.15, 0.2) is 74.5 Å². The molecule has 0 aliphatic heterocycles. The number of hydrogen-bond acceptors (Lipinski definition) is 4. The summed E-state index contributed by atoms with van der Waals surface area (Å²) in [7, 11) is 0. The average Bonchev–Trinajstić information content (AvgIpc) is 3.12. The molecule has 0 bridgehead atoms. The molecule has 1 N–H and O–H groups in total. The fraction of sp³-hybridized carbons (Fsp3) is 0.167. The third-order valence-corrected chi connectivity index (χ3v) is 5.20. The Morgan fingerprint density at radius 3 is 2.48 bits per heavy atom. The van der Waals surface area contributed by atoms with E-state index in [4.69, 9.17) is 4.42 Å². The minimum Gasteiger partial charge on any atom is -0.507 e. The lowest BCUT2D eigenvalue weighted by Crippen LogP contribution is -2.10. The smallest absolute Gasteiger partial charge is 0.227 e. The van der Waals surface area contributed by atoms with Gasteiger partial charge in [0.2, 0.25) is 5.89 Å². The maximum atomic E-state index is 9.91. The van der Waals surface area contributed by atoms with Crippen molar-refractivity contribution in [2.75, 3.05) is 0 Å². The van der Waals surface area contributed by atoms with Crippen molar-refractivity contribution in [3.05, 3.63) is 76.3 Å². The molecule has 0 saturated carbocycles. The third kappa shape index (κ3) is 4.25. The van der Waals surface area contributed by atoms with E-state index in [1.807, 2.05) is 36.4 Å². The van der Waals surface area contributed by atoms with E-state index in [1.54, 1.807) is 18.3 Å². The lowest BCUT2D eigenvalue weighted by atomic mass is 9.87. The number of aromatic nitrogens is 1. The molecular formula is C24H21BrN2O2. The quantitative estimate of drug-likeness (QED) is 0.342. The number of rotatable bonds is 3. The molecule has 4 aromatic rings. The zero-order chi connectivity index (χ0) is 20.6. The number of phenols is 1. The summed E-state index contributed by atoms with van der Waals surface area (Å²) >= 11 is 3.40. The van der Waals surface area contributed by atoms with E-state index >= 15 is 0 Å². The van der Waals surface area contributed by atoms with Crippen LogP contribution in [0.3, 0.4) is 0 Å². The highest BCUT2D eigenvalue weighted by Gasteiger charge is 2.16. The number of oxazole rings is 1. The molecule has 5 heteroatoms. The molecule has 3 aromatic carbocycles. The maximum absolute atomic E-state index is 9.91. The van der Waals surface area contributed by atoms with Gasteiger partial charge in [0.05, 0.1) is 5.69 Å². The highest BCUT2D eigenvalue weighted by Crippen LogP contribution is 2.30. The zero-order valence-electron chi connectivity index (χ0n) is 16.5. The second-order valence-corrected chi connectivity index (χ2v) is 8.88. The van der Waals surface area contributed by atoms with Crippen LogP contribution in [0.5, 0.6) is 5.75 Å². The second kappa shape index (κ2) is 7.48. The Kier molecular flexibility index (Phi) is 5.01. The van der Waals surface area contributed by atoms with Crippen LogP contribution in [0, 0.1) is 0 Å². The Hall–Kier alpha value is -2.92. The normalized spacial score (nSPS) is 12.1. The van der Waals surface area contributed by atoms with E-state index < -0.39 is 0 Å². The van der Waals surface area contributed by atoms with Crippen molar-refractivity contribution >= 4 is 38.9 Å². The van der Waals surface area contributed by atoms with E-state index in [-0.39, 0.29) is 11.2 Å². The number of fused-ring (bicyclic) bond motifs is 1. The van der Waals surface area contributed by atoms with Crippen molar-refractivity contribution < 1.29 is 9.52 Å². The van der Waals surface area contributed by atoms with Gasteiger partial charge in [0.1, 0.15) is 11.3 Å². The molecule has 0 fully saturated rings. The molecule has 4 nitrogen and oxygen atoms in total. The first kappa shape index (κ1) is 19.4. The molecule has 0 amide bonds. The second-order valence-electron chi connectivity index (χ2n) is 7.96. The summed E-state index contributed by atoms with van der Waals surface area (Å²) in [6, 6.07) is 19.1. The largest absolute Gasteiger partial charge is 0.507 e. The van der Waals surface area contributed by atoms with Gasteiger partial charge in [-0.05, 0) is 65.6 Å². The van der Waals surface area contributed by atoms with Crippen LogP contribution in [-0.4, -0.2) is 16.3 Å². The molecule has 0 saturated heterocycles. The molecule has 0 aliphatic carbocycles. The van der Waals surface area contributed by atoms with Gasteiger partial charge in [-0.25, -0.2) is 4.98 Å². The molecule has 0 spiro atoms. The van der Waals surface area contributed by atoms with Crippen LogP contribution in [0.1, 0.15) is 31.9 Å². The topological polar surface area (TPSA) is 58.6 Å². The van der Waals surface area contributed by atoms with Gasteiger partial charge < -0.3 is 9.52 Å². The van der Waals surface area contributed by atoms with Gasteiger partial charge in [0, 0.05) is 21.8 Å². The van der Waals surface area contributed by atoms with Crippen molar-refractivity contribution in [1.82, 2.24) is 4.98 Å². The lowest BCUT2D eigenvalue weighted by Gasteiger charge is -2.18. The van der Waals surface area contributed by atoms with E-state index in [9.17, 15) is 5.11 Å². The lowest BCUT2D eigenvalue weighted by molar-refractivity contribution is 0.474. The standard InChI is InChI=1S/C24H21BrN2O2/c1-24(2,3)17-6-11-22-20(13-17)27-23(29-22)15-4-8-19(9-5-15)26-14-16-12-18(25)7-10-21(16)28/h4-14,28H,1-3H3. The summed E-state index contributed by atoms with van der Waals surface area (Å²) in [4.78, 5) is 9.10. The van der Waals surface area contributed by atoms with Crippen molar-refractivity contribution in [1.29, 1.82) is 0 Å². The first-order chi connectivity index (χ1) is 13.8. The monoisotopic (exact) mass is 448 g/mol. The van der Waals surface area contributed by atoms with Gasteiger partial charge in [-0.3, -0.25) is 4.99 Å². The SMILES string of the molecule is CC(C)(C)c1ccc2oc(-c3ccc(N=Cc4cc(Br)ccc4O)cc3)nc2c1. The maximum Gasteiger partial charge on any atom is 0.227 e. The first-order valence-corrected chi connectivity index (χ1v) is 10.1. The summed E-state index contributed by atoms with van der Waals surface area (Å²) in [6.07, 6.45) is 1.64. The summed E-state index contributed by atoms with van der Waals surface area (Å²) in [5.74, 6) is 0.779. The summed E-state index contributed by atoms with van der Waals surface area (Å²) in [5.41, 5.74) is 5.25. The summed E-state index contributed by atoms with van der Waals surface area (Å²) < 4.78 is 6.82. The molecule has 4 rings (SSSR count). The summed E-state index contributed by atoms with van der Waals surface area (Å²) in [5, 5.41) is 9.91. The van der Waals surface area contributed by atoms with Gasteiger partial charge in [-0.1, -0.05) is 42.8 Å². The molecule has 146 valence electrons. The molecular weight excluding hydrogens is 428 g/mol. The van der Waals surface area contributed by atoms with Gasteiger partial charge in [0.15, 0.2) is 5.58 Å². The van der Waals surface area contributed by atoms with Crippen LogP contribution in [-0.2, 0) is 5.41 Å². The fourth-order valence-electron chi connectivity index (χ4n) is 2.98. The Labute approximate surface area is 178 Å². The number of nitrogens with zero attached hydrogens (tertiary/aromatic N) is 2. The Morgan fingerprint density at radius 2 is 1.76 bits per heavy atom. The molecule has 0 aliphatic rings. The van der Waals surface area contributed by atoms with Crippen LogP contribution in [0.25, 0.3) is 22.6 Å². The highest BCUT2D eigenvalue weighted by molar-refractivity contribution is 9.10. The third-order valence-electron chi connectivity index (χ3n) is 4.71. The number of aliphatic imine (C=N–C) groups is 1. The molecule has 0 atom stereocenters. The number of hydrogen-bond donors (Lipinski definition) is 1.